The molecule has 2 fully saturated rings. The smallest absolute Gasteiger partial charge is 0.0593 e. The van der Waals surface area contributed by atoms with Crippen molar-refractivity contribution in [3.05, 3.63) is 0 Å². The van der Waals surface area contributed by atoms with E-state index in [1.807, 2.05) is 0 Å². The van der Waals surface area contributed by atoms with Gasteiger partial charge in [-0.1, -0.05) is 6.92 Å². The van der Waals surface area contributed by atoms with Crippen LogP contribution in [-0.2, 0) is 4.74 Å². The highest BCUT2D eigenvalue weighted by Gasteiger charge is 2.47. The van der Waals surface area contributed by atoms with Crippen LogP contribution in [0.2, 0.25) is 0 Å². The maximum Gasteiger partial charge on any atom is 0.0593 e. The summed E-state index contributed by atoms with van der Waals surface area (Å²) < 4.78 is 5.65. The van der Waals surface area contributed by atoms with Gasteiger partial charge in [0.05, 0.1) is 6.61 Å². The molecule has 0 radical (unpaired) electrons. The van der Waals surface area contributed by atoms with Gasteiger partial charge in [-0.15, -0.1) is 0 Å². The highest BCUT2D eigenvalue weighted by atomic mass is 16.5. The molecule has 1 N–H and O–H groups in total. The third-order valence-electron chi connectivity index (χ3n) is 4.34. The Morgan fingerprint density at radius 1 is 1.35 bits per heavy atom. The van der Waals surface area contributed by atoms with Crippen LogP contribution in [0.5, 0.6) is 0 Å². The number of rotatable bonds is 6. The Morgan fingerprint density at radius 3 is 2.76 bits per heavy atom. The fraction of sp³-hybridized carbons (Fsp3) is 1.00. The molecule has 100 valence electrons. The Bertz CT molecular complexity index is 242. The molecule has 17 heavy (non-hydrogen) atoms. The number of ether oxygens (including phenoxy) is 1. The van der Waals surface area contributed by atoms with Gasteiger partial charge >= 0.3 is 0 Å². The molecule has 1 heterocycles. The lowest BCUT2D eigenvalue weighted by atomic mass is 9.90. The van der Waals surface area contributed by atoms with E-state index in [2.05, 4.69) is 31.0 Å². The van der Waals surface area contributed by atoms with E-state index in [1.54, 1.807) is 0 Å². The summed E-state index contributed by atoms with van der Waals surface area (Å²) in [6.45, 7) is 12.1. The van der Waals surface area contributed by atoms with Gasteiger partial charge in [0.15, 0.2) is 0 Å². The summed E-state index contributed by atoms with van der Waals surface area (Å²) in [6, 6.07) is 0.619. The van der Waals surface area contributed by atoms with Gasteiger partial charge in [0.2, 0.25) is 0 Å². The summed E-state index contributed by atoms with van der Waals surface area (Å²) in [5.41, 5.74) is 0.377. The van der Waals surface area contributed by atoms with E-state index in [0.717, 1.165) is 38.6 Å². The predicted octanol–water partition coefficient (Wildman–Crippen LogP) is 1.88. The fourth-order valence-electron chi connectivity index (χ4n) is 2.97. The normalized spacial score (nSPS) is 35.1. The third-order valence-corrected chi connectivity index (χ3v) is 4.34. The molecule has 0 bridgehead atoms. The second kappa shape index (κ2) is 5.68. The molecule has 1 aliphatic heterocycles. The Hall–Kier alpha value is -0.120. The molecule has 2 aliphatic rings. The van der Waals surface area contributed by atoms with Crippen molar-refractivity contribution in [1.29, 1.82) is 0 Å². The summed E-state index contributed by atoms with van der Waals surface area (Å²) >= 11 is 0. The van der Waals surface area contributed by atoms with Crippen LogP contribution in [0.1, 0.15) is 40.0 Å². The van der Waals surface area contributed by atoms with Crippen molar-refractivity contribution in [2.24, 2.45) is 5.92 Å². The van der Waals surface area contributed by atoms with Crippen molar-refractivity contribution < 1.29 is 4.74 Å². The van der Waals surface area contributed by atoms with Crippen molar-refractivity contribution in [2.75, 3.05) is 32.8 Å². The quantitative estimate of drug-likeness (QED) is 0.717. The van der Waals surface area contributed by atoms with Crippen molar-refractivity contribution in [3.63, 3.8) is 0 Å². The molecule has 2 unspecified atom stereocenters. The zero-order chi connectivity index (χ0) is 12.3. The van der Waals surface area contributed by atoms with Gasteiger partial charge in [-0.2, -0.15) is 0 Å². The maximum atomic E-state index is 5.65. The lowest BCUT2D eigenvalue weighted by Gasteiger charge is -2.48. The SMILES string of the molecule is CCCOCCN1CC(C)NCC1(C)C1CC1. The Labute approximate surface area is 106 Å². The van der Waals surface area contributed by atoms with Crippen LogP contribution in [0.25, 0.3) is 0 Å². The summed E-state index contributed by atoms with van der Waals surface area (Å²) in [5.74, 6) is 0.911. The summed E-state index contributed by atoms with van der Waals surface area (Å²) in [6.07, 6.45) is 3.95. The first-order valence-electron chi connectivity index (χ1n) is 7.23. The van der Waals surface area contributed by atoms with Crippen LogP contribution in [0.4, 0.5) is 0 Å². The van der Waals surface area contributed by atoms with Crippen LogP contribution >= 0.6 is 0 Å². The molecule has 2 rings (SSSR count). The molecule has 3 nitrogen and oxygen atoms in total. The third kappa shape index (κ3) is 3.21. The predicted molar refractivity (Wildman–Crippen MR) is 71.3 cm³/mol. The first-order chi connectivity index (χ1) is 8.16. The van der Waals surface area contributed by atoms with Crippen LogP contribution in [0, 0.1) is 5.92 Å². The van der Waals surface area contributed by atoms with Crippen LogP contribution in [0.3, 0.4) is 0 Å². The largest absolute Gasteiger partial charge is 0.380 e. The summed E-state index contributed by atoms with van der Waals surface area (Å²) in [4.78, 5) is 2.67. The first-order valence-corrected chi connectivity index (χ1v) is 7.23. The van der Waals surface area contributed by atoms with Crippen molar-refractivity contribution in [1.82, 2.24) is 10.2 Å². The molecule has 0 aromatic heterocycles. The highest BCUT2D eigenvalue weighted by molar-refractivity contribution is 5.04. The van der Waals surface area contributed by atoms with Gasteiger partial charge in [-0.05, 0) is 39.0 Å². The van der Waals surface area contributed by atoms with Crippen molar-refractivity contribution >= 4 is 0 Å². The van der Waals surface area contributed by atoms with Gasteiger partial charge < -0.3 is 10.1 Å². The van der Waals surface area contributed by atoms with E-state index < -0.39 is 0 Å². The molecular weight excluding hydrogens is 212 g/mol. The first kappa shape index (κ1) is 13.3. The second-order valence-electron chi connectivity index (χ2n) is 5.97. The number of piperazine rings is 1. The minimum Gasteiger partial charge on any atom is -0.380 e. The molecule has 1 saturated heterocycles. The van der Waals surface area contributed by atoms with E-state index in [4.69, 9.17) is 4.74 Å². The number of nitrogens with one attached hydrogen (secondary N) is 1. The lowest BCUT2D eigenvalue weighted by molar-refractivity contribution is 0.00957. The van der Waals surface area contributed by atoms with Gasteiger partial charge in [0.25, 0.3) is 0 Å². The zero-order valence-corrected chi connectivity index (χ0v) is 11.7. The highest BCUT2D eigenvalue weighted by Crippen LogP contribution is 2.43. The molecule has 0 amide bonds. The molecule has 2 atom stereocenters. The summed E-state index contributed by atoms with van der Waals surface area (Å²) in [5, 5.41) is 3.64. The van der Waals surface area contributed by atoms with Gasteiger partial charge in [-0.25, -0.2) is 0 Å². The molecule has 0 spiro atoms. The van der Waals surface area contributed by atoms with Crippen LogP contribution in [-0.4, -0.2) is 49.3 Å². The Kier molecular flexibility index (Phi) is 4.45. The standard InChI is InChI=1S/C14H28N2O/c1-4-8-17-9-7-16-10-12(2)15-11-14(16,3)13-5-6-13/h12-13,15H,4-11H2,1-3H3. The lowest BCUT2D eigenvalue weighted by Crippen LogP contribution is -2.64. The van der Waals surface area contributed by atoms with Crippen molar-refractivity contribution in [3.8, 4) is 0 Å². The molecular formula is C14H28N2O. The van der Waals surface area contributed by atoms with E-state index in [9.17, 15) is 0 Å². The fourth-order valence-corrected chi connectivity index (χ4v) is 2.97. The Morgan fingerprint density at radius 2 is 2.12 bits per heavy atom. The minimum absolute atomic E-state index is 0.377. The van der Waals surface area contributed by atoms with E-state index in [1.165, 1.54) is 19.4 Å². The zero-order valence-electron chi connectivity index (χ0n) is 11.7. The number of hydrogen-bond donors (Lipinski definition) is 1. The minimum atomic E-state index is 0.377. The average molecular weight is 240 g/mol. The topological polar surface area (TPSA) is 24.5 Å². The van der Waals surface area contributed by atoms with Crippen molar-refractivity contribution in [2.45, 2.75) is 51.6 Å². The summed E-state index contributed by atoms with van der Waals surface area (Å²) in [7, 11) is 0. The Balaban J connectivity index is 1.85. The number of nitrogens with zero attached hydrogens (tertiary/aromatic N) is 1. The second-order valence-corrected chi connectivity index (χ2v) is 5.97. The molecule has 1 saturated carbocycles. The van der Waals surface area contributed by atoms with Crippen LogP contribution in [0.15, 0.2) is 0 Å². The maximum absolute atomic E-state index is 5.65. The van der Waals surface area contributed by atoms with E-state index in [-0.39, 0.29) is 0 Å². The molecule has 1 aliphatic carbocycles. The molecule has 0 aromatic rings. The average Bonchev–Trinajstić information content (AvgIpc) is 3.13. The van der Waals surface area contributed by atoms with Gasteiger partial charge in [0, 0.05) is 37.8 Å². The van der Waals surface area contributed by atoms with E-state index >= 15 is 0 Å². The monoisotopic (exact) mass is 240 g/mol. The molecule has 0 aromatic carbocycles. The molecule has 3 heteroatoms. The van der Waals surface area contributed by atoms with E-state index in [0.29, 0.717) is 11.6 Å². The van der Waals surface area contributed by atoms with Gasteiger partial charge in [-0.3, -0.25) is 4.90 Å². The number of hydrogen-bond acceptors (Lipinski definition) is 3. The van der Waals surface area contributed by atoms with Gasteiger partial charge in [0.1, 0.15) is 0 Å². The van der Waals surface area contributed by atoms with Crippen LogP contribution < -0.4 is 5.32 Å².